The summed E-state index contributed by atoms with van der Waals surface area (Å²) >= 11 is 1.60. The third-order valence-corrected chi connectivity index (χ3v) is 6.43. The monoisotopic (exact) mass is 453 g/mol. The number of rotatable bonds is 4. The lowest BCUT2D eigenvalue weighted by molar-refractivity contribution is -0.116. The molecule has 0 bridgehead atoms. The van der Waals surface area contributed by atoms with Crippen molar-refractivity contribution >= 4 is 28.6 Å². The molecule has 0 N–H and O–H groups in total. The van der Waals surface area contributed by atoms with E-state index in [0.717, 1.165) is 39.0 Å². The van der Waals surface area contributed by atoms with Gasteiger partial charge in [0.1, 0.15) is 16.9 Å². The van der Waals surface area contributed by atoms with Gasteiger partial charge in [-0.15, -0.1) is 11.3 Å². The molecule has 0 aliphatic carbocycles. The molecule has 0 fully saturated rings. The first-order valence-corrected chi connectivity index (χ1v) is 11.7. The number of hydrazone groups is 1. The number of hydrogen-bond acceptors (Lipinski definition) is 5. The van der Waals surface area contributed by atoms with E-state index in [0.29, 0.717) is 6.42 Å². The minimum atomic E-state index is -0.279. The molecule has 1 atom stereocenters. The molecule has 0 saturated heterocycles. The lowest BCUT2D eigenvalue weighted by Gasteiger charge is -2.27. The molecule has 0 spiro atoms. The number of benzene rings is 3. The van der Waals surface area contributed by atoms with Crippen LogP contribution in [0.1, 0.15) is 36.3 Å². The maximum atomic E-state index is 12.4. The standard InChI is InChI=1S/C27H23N3O2S/c1-18-12-14-20(15-13-18)27-28-24(17-33-27)26-16-23(22-10-6-7-11-25(22)32-26)29-30(19(2)31)21-8-4-3-5-9-21/h3-15,17,26H,16H2,1-2H3/b29-23+. The number of aryl methyl sites for hydroxylation is 1. The molecule has 0 saturated carbocycles. The Morgan fingerprint density at radius 2 is 1.76 bits per heavy atom. The molecular formula is C27H23N3O2S. The molecule has 1 aliphatic heterocycles. The van der Waals surface area contributed by atoms with Crippen molar-refractivity contribution in [1.82, 2.24) is 4.98 Å². The summed E-state index contributed by atoms with van der Waals surface area (Å²) in [6.07, 6.45) is 0.240. The van der Waals surface area contributed by atoms with E-state index >= 15 is 0 Å². The number of aromatic nitrogens is 1. The highest BCUT2D eigenvalue weighted by Crippen LogP contribution is 2.37. The van der Waals surface area contributed by atoms with Crippen LogP contribution in [0.15, 0.2) is 89.3 Å². The van der Waals surface area contributed by atoms with Gasteiger partial charge < -0.3 is 4.74 Å². The molecule has 1 aliphatic rings. The summed E-state index contributed by atoms with van der Waals surface area (Å²) in [5.74, 6) is 0.596. The highest BCUT2D eigenvalue weighted by Gasteiger charge is 2.29. The Hall–Kier alpha value is -3.77. The van der Waals surface area contributed by atoms with E-state index in [2.05, 4.69) is 31.2 Å². The third-order valence-electron chi connectivity index (χ3n) is 5.52. The summed E-state index contributed by atoms with van der Waals surface area (Å²) in [5.41, 5.74) is 5.60. The second kappa shape index (κ2) is 9.00. The minimum absolute atomic E-state index is 0.149. The van der Waals surface area contributed by atoms with Crippen molar-refractivity contribution in [2.24, 2.45) is 5.10 Å². The van der Waals surface area contributed by atoms with Gasteiger partial charge in [0.05, 0.1) is 17.1 Å². The molecule has 6 heteroatoms. The quantitative estimate of drug-likeness (QED) is 0.336. The van der Waals surface area contributed by atoms with Gasteiger partial charge in [0.15, 0.2) is 0 Å². The normalized spacial score (nSPS) is 16.2. The summed E-state index contributed by atoms with van der Waals surface area (Å²) in [7, 11) is 0. The van der Waals surface area contributed by atoms with Crippen LogP contribution < -0.4 is 9.75 Å². The number of thiazole rings is 1. The molecule has 2 heterocycles. The maximum absolute atomic E-state index is 12.4. The number of anilines is 1. The fraction of sp³-hybridized carbons (Fsp3) is 0.148. The number of carbonyl (C=O) groups is 1. The van der Waals surface area contributed by atoms with Gasteiger partial charge in [0, 0.05) is 29.9 Å². The zero-order chi connectivity index (χ0) is 22.8. The molecule has 33 heavy (non-hydrogen) atoms. The number of carbonyl (C=O) groups excluding carboxylic acids is 1. The Morgan fingerprint density at radius 1 is 1.03 bits per heavy atom. The van der Waals surface area contributed by atoms with Gasteiger partial charge in [-0.3, -0.25) is 4.79 Å². The average Bonchev–Trinajstić information content (AvgIpc) is 3.33. The zero-order valence-corrected chi connectivity index (χ0v) is 19.3. The Morgan fingerprint density at radius 3 is 2.52 bits per heavy atom. The van der Waals surface area contributed by atoms with E-state index in [4.69, 9.17) is 14.8 Å². The fourth-order valence-corrected chi connectivity index (χ4v) is 4.68. The van der Waals surface area contributed by atoms with Crippen molar-refractivity contribution in [2.45, 2.75) is 26.4 Å². The van der Waals surface area contributed by atoms with Crippen LogP contribution in [0, 0.1) is 6.92 Å². The van der Waals surface area contributed by atoms with E-state index in [1.165, 1.54) is 17.5 Å². The van der Waals surface area contributed by atoms with Gasteiger partial charge in [0.2, 0.25) is 5.91 Å². The van der Waals surface area contributed by atoms with Gasteiger partial charge in [-0.1, -0.05) is 60.2 Å². The highest BCUT2D eigenvalue weighted by atomic mass is 32.1. The molecule has 164 valence electrons. The topological polar surface area (TPSA) is 54.8 Å². The van der Waals surface area contributed by atoms with Crippen LogP contribution in [0.2, 0.25) is 0 Å². The van der Waals surface area contributed by atoms with E-state index in [9.17, 15) is 4.79 Å². The summed E-state index contributed by atoms with van der Waals surface area (Å²) < 4.78 is 6.32. The number of amides is 1. The van der Waals surface area contributed by atoms with Crippen molar-refractivity contribution in [3.8, 4) is 16.3 Å². The first-order valence-electron chi connectivity index (χ1n) is 10.8. The van der Waals surface area contributed by atoms with Crippen molar-refractivity contribution in [2.75, 3.05) is 5.01 Å². The maximum Gasteiger partial charge on any atom is 0.244 e. The average molecular weight is 454 g/mol. The van der Waals surface area contributed by atoms with Crippen LogP contribution in [0.5, 0.6) is 5.75 Å². The molecule has 5 rings (SSSR count). The summed E-state index contributed by atoms with van der Waals surface area (Å²) in [6.45, 7) is 3.60. The molecule has 0 radical (unpaired) electrons. The lowest BCUT2D eigenvalue weighted by Crippen LogP contribution is -2.28. The van der Waals surface area contributed by atoms with E-state index in [1.54, 1.807) is 11.3 Å². The zero-order valence-electron chi connectivity index (χ0n) is 18.4. The summed E-state index contributed by atoms with van der Waals surface area (Å²) in [6, 6.07) is 25.6. The fourth-order valence-electron chi connectivity index (χ4n) is 3.81. The first-order chi connectivity index (χ1) is 16.1. The van der Waals surface area contributed by atoms with Crippen LogP contribution in [-0.4, -0.2) is 16.6 Å². The van der Waals surface area contributed by atoms with Crippen LogP contribution >= 0.6 is 11.3 Å². The van der Waals surface area contributed by atoms with Crippen LogP contribution in [-0.2, 0) is 4.79 Å². The Bertz CT molecular complexity index is 1310. The Kier molecular flexibility index (Phi) is 5.75. The van der Waals surface area contributed by atoms with Crippen molar-refractivity contribution < 1.29 is 9.53 Å². The number of ether oxygens (including phenoxy) is 1. The molecule has 5 nitrogen and oxygen atoms in total. The Balaban J connectivity index is 1.51. The molecule has 3 aromatic carbocycles. The van der Waals surface area contributed by atoms with E-state index in [1.807, 2.05) is 60.0 Å². The van der Waals surface area contributed by atoms with E-state index in [-0.39, 0.29) is 12.0 Å². The third kappa shape index (κ3) is 4.43. The van der Waals surface area contributed by atoms with Crippen LogP contribution in [0.25, 0.3) is 10.6 Å². The molecule has 1 unspecified atom stereocenters. The summed E-state index contributed by atoms with van der Waals surface area (Å²) in [4.78, 5) is 17.3. The summed E-state index contributed by atoms with van der Waals surface area (Å²) in [5, 5.41) is 9.25. The lowest BCUT2D eigenvalue weighted by atomic mass is 9.98. The molecular weight excluding hydrogens is 430 g/mol. The predicted molar refractivity (Wildman–Crippen MR) is 133 cm³/mol. The minimum Gasteiger partial charge on any atom is -0.483 e. The second-order valence-electron chi connectivity index (χ2n) is 7.96. The highest BCUT2D eigenvalue weighted by molar-refractivity contribution is 7.13. The largest absolute Gasteiger partial charge is 0.483 e. The van der Waals surface area contributed by atoms with Crippen LogP contribution in [0.3, 0.4) is 0 Å². The van der Waals surface area contributed by atoms with Crippen LogP contribution in [0.4, 0.5) is 5.69 Å². The second-order valence-corrected chi connectivity index (χ2v) is 8.82. The van der Waals surface area contributed by atoms with Crippen molar-refractivity contribution in [3.05, 3.63) is 101 Å². The molecule has 4 aromatic rings. The van der Waals surface area contributed by atoms with E-state index < -0.39 is 0 Å². The van der Waals surface area contributed by atoms with Gasteiger partial charge in [-0.25, -0.2) is 9.99 Å². The predicted octanol–water partition coefficient (Wildman–Crippen LogP) is 6.40. The smallest absolute Gasteiger partial charge is 0.244 e. The van der Waals surface area contributed by atoms with Gasteiger partial charge in [-0.05, 0) is 31.2 Å². The number of nitrogens with zero attached hydrogens (tertiary/aromatic N) is 3. The Labute approximate surface area is 197 Å². The van der Waals surface area contributed by atoms with Gasteiger partial charge >= 0.3 is 0 Å². The van der Waals surface area contributed by atoms with Crippen molar-refractivity contribution in [3.63, 3.8) is 0 Å². The number of para-hydroxylation sites is 2. The van der Waals surface area contributed by atoms with Gasteiger partial charge in [0.25, 0.3) is 0 Å². The number of hydrogen-bond donors (Lipinski definition) is 0. The first kappa shape index (κ1) is 21.1. The number of fused-ring (bicyclic) bond motifs is 1. The SMILES string of the molecule is CC(=O)N(/N=C1\CC(c2csc(-c3ccc(C)cc3)n2)Oc2ccccc21)c1ccccc1. The van der Waals surface area contributed by atoms with Crippen molar-refractivity contribution in [1.29, 1.82) is 0 Å². The molecule has 1 aromatic heterocycles. The van der Waals surface area contributed by atoms with Gasteiger partial charge in [-0.2, -0.15) is 5.10 Å². The molecule has 1 amide bonds.